The molecule has 0 heterocycles. The van der Waals surface area contributed by atoms with E-state index >= 15 is 0 Å². The lowest BCUT2D eigenvalue weighted by atomic mass is 9.73. The van der Waals surface area contributed by atoms with Crippen molar-refractivity contribution in [3.05, 3.63) is 34.6 Å². The lowest BCUT2D eigenvalue weighted by Gasteiger charge is -2.31. The summed E-state index contributed by atoms with van der Waals surface area (Å²) < 4.78 is 12.9. The zero-order valence-corrected chi connectivity index (χ0v) is 10.8. The summed E-state index contributed by atoms with van der Waals surface area (Å²) in [5.41, 5.74) is 0.672. The average molecular weight is 286 g/mol. The standard InChI is InChI=1S/C13H13ClFNO3/c14-10-5-7(1-4-11(10)15)6-16-12(17)8-2-3-9(8)13(18)19/h1,4-5,8-9H,2-3,6H2,(H,16,17)(H,18,19). The Morgan fingerprint density at radius 2 is 2.05 bits per heavy atom. The highest BCUT2D eigenvalue weighted by Gasteiger charge is 2.41. The van der Waals surface area contributed by atoms with Gasteiger partial charge in [-0.15, -0.1) is 0 Å². The Hall–Kier alpha value is -1.62. The van der Waals surface area contributed by atoms with Crippen LogP contribution in [0.4, 0.5) is 4.39 Å². The number of benzene rings is 1. The predicted octanol–water partition coefficient (Wildman–Crippen LogP) is 2.21. The molecule has 1 aliphatic carbocycles. The van der Waals surface area contributed by atoms with Gasteiger partial charge < -0.3 is 10.4 Å². The van der Waals surface area contributed by atoms with Crippen LogP contribution in [0, 0.1) is 17.7 Å². The summed E-state index contributed by atoms with van der Waals surface area (Å²) in [6.07, 6.45) is 1.13. The lowest BCUT2D eigenvalue weighted by Crippen LogP contribution is -2.43. The first kappa shape index (κ1) is 13.8. The Morgan fingerprint density at radius 1 is 1.37 bits per heavy atom. The molecule has 1 amide bonds. The van der Waals surface area contributed by atoms with Gasteiger partial charge in [0.25, 0.3) is 0 Å². The molecule has 0 saturated heterocycles. The van der Waals surface area contributed by atoms with Gasteiger partial charge in [-0.1, -0.05) is 17.7 Å². The molecule has 2 rings (SSSR count). The number of nitrogens with one attached hydrogen (secondary N) is 1. The fourth-order valence-corrected chi connectivity index (χ4v) is 2.28. The molecule has 2 unspecified atom stereocenters. The van der Waals surface area contributed by atoms with E-state index in [9.17, 15) is 14.0 Å². The molecule has 1 aliphatic rings. The Kier molecular flexibility index (Phi) is 4.04. The molecule has 6 heteroatoms. The van der Waals surface area contributed by atoms with E-state index in [0.29, 0.717) is 18.4 Å². The molecule has 0 aromatic heterocycles. The predicted molar refractivity (Wildman–Crippen MR) is 67.1 cm³/mol. The molecule has 19 heavy (non-hydrogen) atoms. The molecule has 1 fully saturated rings. The van der Waals surface area contributed by atoms with Gasteiger partial charge in [0.1, 0.15) is 5.82 Å². The normalized spacial score (nSPS) is 21.6. The van der Waals surface area contributed by atoms with Crippen molar-refractivity contribution in [2.75, 3.05) is 0 Å². The maximum absolute atomic E-state index is 12.9. The van der Waals surface area contributed by atoms with E-state index in [4.69, 9.17) is 16.7 Å². The van der Waals surface area contributed by atoms with E-state index in [-0.39, 0.29) is 17.5 Å². The molecule has 1 aromatic rings. The summed E-state index contributed by atoms with van der Waals surface area (Å²) in [4.78, 5) is 22.6. The van der Waals surface area contributed by atoms with E-state index in [1.54, 1.807) is 0 Å². The molecule has 102 valence electrons. The van der Waals surface area contributed by atoms with Crippen LogP contribution >= 0.6 is 11.6 Å². The van der Waals surface area contributed by atoms with Gasteiger partial charge in [-0.2, -0.15) is 0 Å². The second-order valence-electron chi connectivity index (χ2n) is 4.59. The van der Waals surface area contributed by atoms with Crippen molar-refractivity contribution >= 4 is 23.5 Å². The molecule has 2 atom stereocenters. The van der Waals surface area contributed by atoms with Crippen molar-refractivity contribution in [3.63, 3.8) is 0 Å². The van der Waals surface area contributed by atoms with Gasteiger partial charge in [0.15, 0.2) is 0 Å². The van der Waals surface area contributed by atoms with E-state index < -0.39 is 23.6 Å². The van der Waals surface area contributed by atoms with Gasteiger partial charge in [-0.05, 0) is 30.5 Å². The van der Waals surface area contributed by atoms with Crippen LogP contribution in [0.2, 0.25) is 5.02 Å². The summed E-state index contributed by atoms with van der Waals surface area (Å²) in [7, 11) is 0. The first-order valence-corrected chi connectivity index (χ1v) is 6.31. The number of halogens is 2. The number of rotatable bonds is 4. The molecule has 0 aliphatic heterocycles. The van der Waals surface area contributed by atoms with Crippen molar-refractivity contribution in [2.45, 2.75) is 19.4 Å². The Labute approximate surface area is 114 Å². The second kappa shape index (κ2) is 5.57. The molecule has 4 nitrogen and oxygen atoms in total. The number of amides is 1. The molecule has 1 aromatic carbocycles. The number of carboxylic acids is 1. The van der Waals surface area contributed by atoms with E-state index in [1.165, 1.54) is 18.2 Å². The van der Waals surface area contributed by atoms with Gasteiger partial charge in [-0.3, -0.25) is 9.59 Å². The zero-order valence-electron chi connectivity index (χ0n) is 10.0. The van der Waals surface area contributed by atoms with E-state index in [0.717, 1.165) is 0 Å². The van der Waals surface area contributed by atoms with Crippen LogP contribution in [0.15, 0.2) is 18.2 Å². The average Bonchev–Trinajstić information content (AvgIpc) is 2.28. The third kappa shape index (κ3) is 3.04. The fourth-order valence-electron chi connectivity index (χ4n) is 2.08. The number of aliphatic carboxylic acids is 1. The Balaban J connectivity index is 1.90. The van der Waals surface area contributed by atoms with Gasteiger partial charge >= 0.3 is 5.97 Å². The maximum atomic E-state index is 12.9. The summed E-state index contributed by atoms with van der Waals surface area (Å²) in [5, 5.41) is 11.5. The summed E-state index contributed by atoms with van der Waals surface area (Å²) >= 11 is 5.63. The quantitative estimate of drug-likeness (QED) is 0.891. The molecule has 1 saturated carbocycles. The van der Waals surface area contributed by atoms with Gasteiger partial charge in [0.2, 0.25) is 5.91 Å². The molecule has 0 spiro atoms. The van der Waals surface area contributed by atoms with Crippen LogP contribution in [-0.4, -0.2) is 17.0 Å². The zero-order chi connectivity index (χ0) is 14.0. The van der Waals surface area contributed by atoms with E-state index in [2.05, 4.69) is 5.32 Å². The van der Waals surface area contributed by atoms with Gasteiger partial charge in [-0.25, -0.2) is 4.39 Å². The summed E-state index contributed by atoms with van der Waals surface area (Å²) in [6, 6.07) is 4.19. The highest BCUT2D eigenvalue weighted by atomic mass is 35.5. The van der Waals surface area contributed by atoms with Crippen molar-refractivity contribution in [1.82, 2.24) is 5.32 Å². The van der Waals surface area contributed by atoms with Gasteiger partial charge in [0, 0.05) is 6.54 Å². The van der Waals surface area contributed by atoms with Crippen LogP contribution in [-0.2, 0) is 16.1 Å². The van der Waals surface area contributed by atoms with Crippen LogP contribution in [0.3, 0.4) is 0 Å². The third-order valence-corrected chi connectivity index (χ3v) is 3.67. The van der Waals surface area contributed by atoms with Crippen LogP contribution in [0.1, 0.15) is 18.4 Å². The minimum atomic E-state index is -0.934. The molecular weight excluding hydrogens is 273 g/mol. The Morgan fingerprint density at radius 3 is 2.58 bits per heavy atom. The van der Waals surface area contributed by atoms with E-state index in [1.807, 2.05) is 0 Å². The third-order valence-electron chi connectivity index (χ3n) is 3.38. The Bertz CT molecular complexity index is 521. The maximum Gasteiger partial charge on any atom is 0.307 e. The highest BCUT2D eigenvalue weighted by molar-refractivity contribution is 6.30. The number of hydrogen-bond donors (Lipinski definition) is 2. The van der Waals surface area contributed by atoms with Crippen molar-refractivity contribution in [2.24, 2.45) is 11.8 Å². The minimum absolute atomic E-state index is 0.00111. The van der Waals surface area contributed by atoms with Crippen LogP contribution < -0.4 is 5.32 Å². The summed E-state index contributed by atoms with van der Waals surface area (Å²) in [5.74, 6) is -2.78. The topological polar surface area (TPSA) is 66.4 Å². The van der Waals surface area contributed by atoms with Gasteiger partial charge in [0.05, 0.1) is 16.9 Å². The molecule has 0 radical (unpaired) electrons. The molecular formula is C13H13ClFNO3. The molecule has 0 bridgehead atoms. The van der Waals surface area contributed by atoms with Crippen LogP contribution in [0.5, 0.6) is 0 Å². The minimum Gasteiger partial charge on any atom is -0.481 e. The first-order valence-electron chi connectivity index (χ1n) is 5.93. The number of carboxylic acid groups (broad SMARTS) is 1. The van der Waals surface area contributed by atoms with Crippen molar-refractivity contribution in [1.29, 1.82) is 0 Å². The van der Waals surface area contributed by atoms with Crippen molar-refractivity contribution in [3.8, 4) is 0 Å². The van der Waals surface area contributed by atoms with Crippen molar-refractivity contribution < 1.29 is 19.1 Å². The highest BCUT2D eigenvalue weighted by Crippen LogP contribution is 2.34. The SMILES string of the molecule is O=C(O)C1CCC1C(=O)NCc1ccc(F)c(Cl)c1. The molecule has 2 N–H and O–H groups in total. The fraction of sp³-hybridized carbons (Fsp3) is 0.385. The number of hydrogen-bond acceptors (Lipinski definition) is 2. The monoisotopic (exact) mass is 285 g/mol. The largest absolute Gasteiger partial charge is 0.481 e. The summed E-state index contributed by atoms with van der Waals surface area (Å²) in [6.45, 7) is 0.210. The van der Waals surface area contributed by atoms with Crippen LogP contribution in [0.25, 0.3) is 0 Å². The number of carbonyl (C=O) groups excluding carboxylic acids is 1. The number of carbonyl (C=O) groups is 2. The first-order chi connectivity index (χ1) is 8.99. The smallest absolute Gasteiger partial charge is 0.307 e. The lowest BCUT2D eigenvalue weighted by molar-refractivity contribution is -0.152. The second-order valence-corrected chi connectivity index (χ2v) is 5.00.